The SMILES string of the molecule is CC(C)(C)Oc1cccc(C(=O)NCCNC(=O)C(C)(C)C)c1. The van der Waals surface area contributed by atoms with E-state index in [1.165, 1.54) is 0 Å². The molecule has 0 atom stereocenters. The molecule has 1 rings (SSSR count). The van der Waals surface area contributed by atoms with E-state index in [-0.39, 0.29) is 17.4 Å². The number of hydrogen-bond donors (Lipinski definition) is 2. The summed E-state index contributed by atoms with van der Waals surface area (Å²) in [5.41, 5.74) is -0.205. The highest BCUT2D eigenvalue weighted by Crippen LogP contribution is 2.19. The van der Waals surface area contributed by atoms with Gasteiger partial charge in [0.1, 0.15) is 11.4 Å². The minimum absolute atomic E-state index is 0.0349. The molecule has 0 fully saturated rings. The molecule has 0 saturated heterocycles. The van der Waals surface area contributed by atoms with Gasteiger partial charge in [-0.25, -0.2) is 0 Å². The molecule has 0 aliphatic carbocycles. The predicted octanol–water partition coefficient (Wildman–Crippen LogP) is 2.76. The maximum Gasteiger partial charge on any atom is 0.251 e. The van der Waals surface area contributed by atoms with E-state index in [0.717, 1.165) is 0 Å². The van der Waals surface area contributed by atoms with Gasteiger partial charge in [0.25, 0.3) is 5.91 Å². The maximum absolute atomic E-state index is 12.1. The Labute approximate surface area is 138 Å². The number of carbonyl (C=O) groups excluding carboxylic acids is 2. The summed E-state index contributed by atoms with van der Waals surface area (Å²) in [7, 11) is 0. The molecule has 2 amide bonds. The van der Waals surface area contributed by atoms with Crippen LogP contribution in [0.3, 0.4) is 0 Å². The van der Waals surface area contributed by atoms with E-state index in [2.05, 4.69) is 10.6 Å². The number of rotatable bonds is 5. The second kappa shape index (κ2) is 7.49. The molecule has 0 spiro atoms. The largest absolute Gasteiger partial charge is 0.488 e. The summed E-state index contributed by atoms with van der Waals surface area (Å²) in [6.45, 7) is 12.2. The third-order valence-corrected chi connectivity index (χ3v) is 2.90. The predicted molar refractivity (Wildman–Crippen MR) is 91.6 cm³/mol. The van der Waals surface area contributed by atoms with Crippen LogP contribution in [0, 0.1) is 5.41 Å². The number of benzene rings is 1. The Kier molecular flexibility index (Phi) is 6.19. The van der Waals surface area contributed by atoms with Crippen molar-refractivity contribution in [2.45, 2.75) is 47.1 Å². The molecule has 0 aromatic heterocycles. The van der Waals surface area contributed by atoms with Gasteiger partial charge in [0.05, 0.1) is 0 Å². The van der Waals surface area contributed by atoms with Gasteiger partial charge in [0.15, 0.2) is 0 Å². The Hall–Kier alpha value is -2.04. The lowest BCUT2D eigenvalue weighted by molar-refractivity contribution is -0.128. The van der Waals surface area contributed by atoms with E-state index in [9.17, 15) is 9.59 Å². The van der Waals surface area contributed by atoms with E-state index in [1.54, 1.807) is 18.2 Å². The fraction of sp³-hybridized carbons (Fsp3) is 0.556. The summed E-state index contributed by atoms with van der Waals surface area (Å²) >= 11 is 0. The molecule has 1 aromatic rings. The number of hydrogen-bond acceptors (Lipinski definition) is 3. The van der Waals surface area contributed by atoms with E-state index in [0.29, 0.717) is 24.4 Å². The van der Waals surface area contributed by atoms with Gasteiger partial charge in [0, 0.05) is 24.1 Å². The lowest BCUT2D eigenvalue weighted by Crippen LogP contribution is -2.39. The molecule has 0 aliphatic rings. The summed E-state index contributed by atoms with van der Waals surface area (Å²) in [5, 5.41) is 5.58. The average molecular weight is 320 g/mol. The Balaban J connectivity index is 2.49. The van der Waals surface area contributed by atoms with Crippen molar-refractivity contribution < 1.29 is 14.3 Å². The standard InChI is InChI=1S/C18H28N2O3/c1-17(2,3)16(22)20-11-10-19-15(21)13-8-7-9-14(12-13)23-18(4,5)6/h7-9,12H,10-11H2,1-6H3,(H,19,21)(H,20,22). The molecule has 2 N–H and O–H groups in total. The van der Waals surface area contributed by atoms with Gasteiger partial charge < -0.3 is 15.4 Å². The molecule has 128 valence electrons. The van der Waals surface area contributed by atoms with Crippen LogP contribution in [0.15, 0.2) is 24.3 Å². The molecule has 0 saturated carbocycles. The molecule has 0 heterocycles. The lowest BCUT2D eigenvalue weighted by atomic mass is 9.96. The fourth-order valence-electron chi connectivity index (χ4n) is 1.77. The molecule has 23 heavy (non-hydrogen) atoms. The van der Waals surface area contributed by atoms with Gasteiger partial charge in [-0.1, -0.05) is 26.8 Å². The van der Waals surface area contributed by atoms with Crippen LogP contribution in [0.2, 0.25) is 0 Å². The summed E-state index contributed by atoms with van der Waals surface area (Å²) in [4.78, 5) is 23.8. The summed E-state index contributed by atoms with van der Waals surface area (Å²) < 4.78 is 5.75. The van der Waals surface area contributed by atoms with Crippen LogP contribution in [0.4, 0.5) is 0 Å². The van der Waals surface area contributed by atoms with Crippen molar-refractivity contribution in [1.29, 1.82) is 0 Å². The highest BCUT2D eigenvalue weighted by atomic mass is 16.5. The molecule has 0 aliphatic heterocycles. The van der Waals surface area contributed by atoms with Crippen molar-refractivity contribution in [3.05, 3.63) is 29.8 Å². The van der Waals surface area contributed by atoms with Crippen molar-refractivity contribution in [2.24, 2.45) is 5.41 Å². The minimum Gasteiger partial charge on any atom is -0.488 e. The number of carbonyl (C=O) groups is 2. The van der Waals surface area contributed by atoms with Gasteiger partial charge in [0.2, 0.25) is 5.91 Å². The highest BCUT2D eigenvalue weighted by molar-refractivity contribution is 5.94. The summed E-state index contributed by atoms with van der Waals surface area (Å²) in [5.74, 6) is 0.438. The van der Waals surface area contributed by atoms with E-state index in [4.69, 9.17) is 4.74 Å². The Morgan fingerprint density at radius 3 is 2.17 bits per heavy atom. The first-order valence-electron chi connectivity index (χ1n) is 7.84. The number of ether oxygens (including phenoxy) is 1. The molecular weight excluding hydrogens is 292 g/mol. The maximum atomic E-state index is 12.1. The van der Waals surface area contributed by atoms with Crippen LogP contribution >= 0.6 is 0 Å². The summed E-state index contributed by atoms with van der Waals surface area (Å²) in [6, 6.07) is 7.07. The smallest absolute Gasteiger partial charge is 0.251 e. The van der Waals surface area contributed by atoms with E-state index < -0.39 is 5.41 Å². The number of nitrogens with one attached hydrogen (secondary N) is 2. The normalized spacial score (nSPS) is 11.7. The van der Waals surface area contributed by atoms with Crippen LogP contribution in [-0.2, 0) is 4.79 Å². The van der Waals surface area contributed by atoms with Crippen LogP contribution in [0.5, 0.6) is 5.75 Å². The molecule has 5 nitrogen and oxygen atoms in total. The second-order valence-corrected chi connectivity index (χ2v) is 7.50. The van der Waals surface area contributed by atoms with Crippen molar-refractivity contribution in [3.8, 4) is 5.75 Å². The zero-order valence-corrected chi connectivity index (χ0v) is 14.9. The zero-order chi connectivity index (χ0) is 17.7. The van der Waals surface area contributed by atoms with Gasteiger partial charge in [-0.15, -0.1) is 0 Å². The van der Waals surface area contributed by atoms with Crippen LogP contribution in [0.25, 0.3) is 0 Å². The lowest BCUT2D eigenvalue weighted by Gasteiger charge is -2.21. The Morgan fingerprint density at radius 2 is 1.61 bits per heavy atom. The van der Waals surface area contributed by atoms with Crippen molar-refractivity contribution in [3.63, 3.8) is 0 Å². The summed E-state index contributed by atoms with van der Waals surface area (Å²) in [6.07, 6.45) is 0. The fourth-order valence-corrected chi connectivity index (χ4v) is 1.77. The van der Waals surface area contributed by atoms with Crippen LogP contribution in [0.1, 0.15) is 51.9 Å². The first-order valence-corrected chi connectivity index (χ1v) is 7.84. The first-order chi connectivity index (χ1) is 10.5. The van der Waals surface area contributed by atoms with Crippen LogP contribution in [-0.4, -0.2) is 30.5 Å². The third-order valence-electron chi connectivity index (χ3n) is 2.90. The van der Waals surface area contributed by atoms with Crippen molar-refractivity contribution in [2.75, 3.05) is 13.1 Å². The quantitative estimate of drug-likeness (QED) is 0.820. The zero-order valence-electron chi connectivity index (χ0n) is 14.9. The van der Waals surface area contributed by atoms with Crippen LogP contribution < -0.4 is 15.4 Å². The molecule has 1 aromatic carbocycles. The third kappa shape index (κ3) is 7.17. The Morgan fingerprint density at radius 1 is 1.00 bits per heavy atom. The highest BCUT2D eigenvalue weighted by Gasteiger charge is 2.20. The minimum atomic E-state index is -0.428. The monoisotopic (exact) mass is 320 g/mol. The van der Waals surface area contributed by atoms with Gasteiger partial charge in [-0.05, 0) is 39.0 Å². The molecule has 0 radical (unpaired) electrons. The van der Waals surface area contributed by atoms with Gasteiger partial charge >= 0.3 is 0 Å². The molecular formula is C18H28N2O3. The topological polar surface area (TPSA) is 67.4 Å². The Bertz CT molecular complexity index is 554. The number of amides is 2. The van der Waals surface area contributed by atoms with Gasteiger partial charge in [-0.2, -0.15) is 0 Å². The first kappa shape index (κ1) is 19.0. The van der Waals surface area contributed by atoms with Crippen molar-refractivity contribution in [1.82, 2.24) is 10.6 Å². The molecule has 0 bridgehead atoms. The van der Waals surface area contributed by atoms with E-state index >= 15 is 0 Å². The molecule has 5 heteroatoms. The second-order valence-electron chi connectivity index (χ2n) is 7.50. The molecule has 0 unspecified atom stereocenters. The van der Waals surface area contributed by atoms with Crippen molar-refractivity contribution >= 4 is 11.8 Å². The average Bonchev–Trinajstić information content (AvgIpc) is 2.40. The van der Waals surface area contributed by atoms with E-state index in [1.807, 2.05) is 47.6 Å². The van der Waals surface area contributed by atoms with Gasteiger partial charge in [-0.3, -0.25) is 9.59 Å².